The van der Waals surface area contributed by atoms with Crippen molar-refractivity contribution in [3.05, 3.63) is 66.9 Å². The van der Waals surface area contributed by atoms with E-state index in [1.807, 2.05) is 37.5 Å². The summed E-state index contributed by atoms with van der Waals surface area (Å²) in [7, 11) is 1.86. The fraction of sp³-hybridized carbons (Fsp3) is 0.0435. The Kier molecular flexibility index (Phi) is 3.85. The van der Waals surface area contributed by atoms with Crippen molar-refractivity contribution in [2.75, 3.05) is 0 Å². The normalized spacial score (nSPS) is 11.6. The molecule has 0 aliphatic heterocycles. The lowest BCUT2D eigenvalue weighted by Crippen LogP contribution is -1.85. The standard InChI is InChI=1S/C23H16FN7O/c1-31-11-13(9-26-31)19-8-17-20(10-25-19)29-30-22(17)23-27-18-4-2-3-16(21(18)28-23)12-5-14(24)7-15(32)6-12/h2-11,32H,1H3,(H,27,28)(H,29,30). The summed E-state index contributed by atoms with van der Waals surface area (Å²) >= 11 is 0. The number of hydrogen-bond acceptors (Lipinski definition) is 5. The largest absolute Gasteiger partial charge is 0.508 e. The van der Waals surface area contributed by atoms with E-state index in [1.165, 1.54) is 12.1 Å². The monoisotopic (exact) mass is 425 g/mol. The fourth-order valence-electron chi connectivity index (χ4n) is 3.92. The third-order valence-electron chi connectivity index (χ3n) is 5.38. The highest BCUT2D eigenvalue weighted by atomic mass is 19.1. The Hall–Kier alpha value is -4.53. The number of hydrogen-bond donors (Lipinski definition) is 3. The summed E-state index contributed by atoms with van der Waals surface area (Å²) in [6.45, 7) is 0. The number of imidazole rings is 1. The van der Waals surface area contributed by atoms with Gasteiger partial charge < -0.3 is 10.1 Å². The molecule has 0 aliphatic rings. The molecule has 4 aromatic heterocycles. The number of aromatic amines is 2. The molecule has 0 spiro atoms. The molecule has 4 heterocycles. The van der Waals surface area contributed by atoms with Crippen LogP contribution in [0.3, 0.4) is 0 Å². The molecule has 0 aliphatic carbocycles. The molecule has 8 nitrogen and oxygen atoms in total. The van der Waals surface area contributed by atoms with Gasteiger partial charge in [0.1, 0.15) is 17.3 Å². The molecular formula is C23H16FN7O. The predicted octanol–water partition coefficient (Wildman–Crippen LogP) is 4.41. The van der Waals surface area contributed by atoms with Crippen LogP contribution in [0, 0.1) is 5.82 Å². The molecule has 32 heavy (non-hydrogen) atoms. The van der Waals surface area contributed by atoms with Crippen LogP contribution in [0.25, 0.3) is 55.8 Å². The maximum atomic E-state index is 13.9. The van der Waals surface area contributed by atoms with Crippen LogP contribution < -0.4 is 0 Å². The van der Waals surface area contributed by atoms with Gasteiger partial charge in [0.15, 0.2) is 5.82 Å². The van der Waals surface area contributed by atoms with Crippen LogP contribution in [-0.2, 0) is 7.05 Å². The van der Waals surface area contributed by atoms with Gasteiger partial charge in [-0.1, -0.05) is 12.1 Å². The van der Waals surface area contributed by atoms with E-state index in [1.54, 1.807) is 17.1 Å². The van der Waals surface area contributed by atoms with Gasteiger partial charge in [0.25, 0.3) is 0 Å². The van der Waals surface area contributed by atoms with Gasteiger partial charge in [-0.25, -0.2) is 9.37 Å². The third-order valence-corrected chi connectivity index (χ3v) is 5.38. The van der Waals surface area contributed by atoms with Gasteiger partial charge in [0.2, 0.25) is 0 Å². The Morgan fingerprint density at radius 1 is 1.03 bits per heavy atom. The number of phenols is 1. The van der Waals surface area contributed by atoms with E-state index in [0.29, 0.717) is 28.2 Å². The summed E-state index contributed by atoms with van der Waals surface area (Å²) in [6, 6.07) is 11.5. The van der Waals surface area contributed by atoms with E-state index in [4.69, 9.17) is 4.98 Å². The predicted molar refractivity (Wildman–Crippen MR) is 118 cm³/mol. The number of para-hydroxylation sites is 1. The molecule has 0 bridgehead atoms. The summed E-state index contributed by atoms with van der Waals surface area (Å²) < 4.78 is 15.6. The molecule has 6 aromatic rings. The number of nitrogens with one attached hydrogen (secondary N) is 2. The van der Waals surface area contributed by atoms with Crippen molar-refractivity contribution in [3.63, 3.8) is 0 Å². The Morgan fingerprint density at radius 2 is 1.94 bits per heavy atom. The Balaban J connectivity index is 1.51. The first-order valence-corrected chi connectivity index (χ1v) is 9.87. The van der Waals surface area contributed by atoms with Crippen LogP contribution in [0.1, 0.15) is 0 Å². The Labute approximate surface area is 180 Å². The highest BCUT2D eigenvalue weighted by Gasteiger charge is 2.17. The molecule has 156 valence electrons. The van der Waals surface area contributed by atoms with Crippen molar-refractivity contribution in [1.29, 1.82) is 0 Å². The van der Waals surface area contributed by atoms with Gasteiger partial charge >= 0.3 is 0 Å². The number of H-pyrrole nitrogens is 2. The second-order valence-electron chi connectivity index (χ2n) is 7.58. The van der Waals surface area contributed by atoms with E-state index < -0.39 is 5.82 Å². The summed E-state index contributed by atoms with van der Waals surface area (Å²) in [5, 5.41) is 22.4. The smallest absolute Gasteiger partial charge is 0.159 e. The van der Waals surface area contributed by atoms with Gasteiger partial charge in [0.05, 0.1) is 34.6 Å². The topological polar surface area (TPSA) is 108 Å². The van der Waals surface area contributed by atoms with Crippen molar-refractivity contribution in [3.8, 4) is 39.7 Å². The van der Waals surface area contributed by atoms with Gasteiger partial charge in [-0.3, -0.25) is 14.8 Å². The highest BCUT2D eigenvalue weighted by Crippen LogP contribution is 2.33. The van der Waals surface area contributed by atoms with E-state index >= 15 is 0 Å². The third kappa shape index (κ3) is 2.90. The van der Waals surface area contributed by atoms with E-state index in [2.05, 4.69) is 25.3 Å². The second-order valence-corrected chi connectivity index (χ2v) is 7.58. The van der Waals surface area contributed by atoms with E-state index in [0.717, 1.165) is 33.7 Å². The number of halogens is 1. The molecule has 0 saturated heterocycles. The average Bonchev–Trinajstić information content (AvgIpc) is 3.49. The quantitative estimate of drug-likeness (QED) is 0.389. The van der Waals surface area contributed by atoms with Crippen LogP contribution >= 0.6 is 0 Å². The summed E-state index contributed by atoms with van der Waals surface area (Å²) in [5.74, 6) is -0.0781. The molecule has 0 saturated carbocycles. The van der Waals surface area contributed by atoms with E-state index in [9.17, 15) is 9.50 Å². The van der Waals surface area contributed by atoms with Crippen molar-refractivity contribution in [2.24, 2.45) is 7.05 Å². The number of benzene rings is 2. The molecule has 6 rings (SSSR count). The zero-order valence-electron chi connectivity index (χ0n) is 16.8. The maximum absolute atomic E-state index is 13.9. The summed E-state index contributed by atoms with van der Waals surface area (Å²) in [5.41, 5.74) is 5.79. The van der Waals surface area contributed by atoms with E-state index in [-0.39, 0.29) is 5.75 Å². The zero-order valence-corrected chi connectivity index (χ0v) is 16.8. The molecule has 0 unspecified atom stereocenters. The van der Waals surface area contributed by atoms with Crippen LogP contribution in [0.15, 0.2) is 61.1 Å². The van der Waals surface area contributed by atoms with Crippen LogP contribution in [0.5, 0.6) is 5.75 Å². The molecule has 3 N–H and O–H groups in total. The fourth-order valence-corrected chi connectivity index (χ4v) is 3.92. The van der Waals surface area contributed by atoms with Crippen molar-refractivity contribution in [2.45, 2.75) is 0 Å². The number of pyridine rings is 1. The van der Waals surface area contributed by atoms with Crippen molar-refractivity contribution < 1.29 is 9.50 Å². The lowest BCUT2D eigenvalue weighted by Gasteiger charge is -2.04. The lowest BCUT2D eigenvalue weighted by atomic mass is 10.0. The number of aryl methyl sites for hydroxylation is 1. The number of phenolic OH excluding ortho intramolecular Hbond substituents is 1. The number of fused-ring (bicyclic) bond motifs is 2. The lowest BCUT2D eigenvalue weighted by molar-refractivity contribution is 0.469. The van der Waals surface area contributed by atoms with Crippen molar-refractivity contribution >= 4 is 21.9 Å². The minimum absolute atomic E-state index is 0.138. The van der Waals surface area contributed by atoms with Gasteiger partial charge in [-0.15, -0.1) is 0 Å². The first-order valence-electron chi connectivity index (χ1n) is 9.87. The number of nitrogens with zero attached hydrogens (tertiary/aromatic N) is 5. The summed E-state index contributed by atoms with van der Waals surface area (Å²) in [4.78, 5) is 12.6. The van der Waals surface area contributed by atoms with Gasteiger partial charge in [0, 0.05) is 35.8 Å². The maximum Gasteiger partial charge on any atom is 0.159 e. The molecule has 2 aromatic carbocycles. The SMILES string of the molecule is Cn1cc(-c2cc3c(-c4nc5c(-c6cc(O)cc(F)c6)cccc5[nH]4)n[nH]c3cn2)cn1. The number of aromatic nitrogens is 7. The minimum Gasteiger partial charge on any atom is -0.508 e. The van der Waals surface area contributed by atoms with Crippen LogP contribution in [0.2, 0.25) is 0 Å². The zero-order chi connectivity index (χ0) is 21.8. The van der Waals surface area contributed by atoms with Crippen LogP contribution in [0.4, 0.5) is 4.39 Å². The number of rotatable bonds is 3. The van der Waals surface area contributed by atoms with Gasteiger partial charge in [-0.05, 0) is 29.8 Å². The molecule has 0 radical (unpaired) electrons. The first-order chi connectivity index (χ1) is 15.5. The van der Waals surface area contributed by atoms with Crippen molar-refractivity contribution in [1.82, 2.24) is 34.9 Å². The average molecular weight is 425 g/mol. The Bertz CT molecular complexity index is 1610. The van der Waals surface area contributed by atoms with Gasteiger partial charge in [-0.2, -0.15) is 10.2 Å². The molecular weight excluding hydrogens is 409 g/mol. The minimum atomic E-state index is -0.513. The van der Waals surface area contributed by atoms with Crippen LogP contribution in [-0.4, -0.2) is 40.0 Å². The highest BCUT2D eigenvalue weighted by molar-refractivity contribution is 5.97. The number of aromatic hydroxyl groups is 1. The second kappa shape index (κ2) is 6.74. The summed E-state index contributed by atoms with van der Waals surface area (Å²) in [6.07, 6.45) is 5.39. The Morgan fingerprint density at radius 3 is 2.75 bits per heavy atom. The molecule has 9 heteroatoms. The molecule has 0 atom stereocenters. The first kappa shape index (κ1) is 18.3. The molecule has 0 fully saturated rings. The molecule has 0 amide bonds.